The highest BCUT2D eigenvalue weighted by atomic mass is 19.4. The van der Waals surface area contributed by atoms with Gasteiger partial charge in [-0.05, 0) is 49.9 Å². The number of benzene rings is 1. The zero-order valence-electron chi connectivity index (χ0n) is 12.3. The average Bonchev–Trinajstić information content (AvgIpc) is 2.97. The number of nitrogens with zero attached hydrogens (tertiary/aromatic N) is 1. The van der Waals surface area contributed by atoms with Gasteiger partial charge in [0.25, 0.3) is 0 Å². The molecule has 0 radical (unpaired) electrons. The molecule has 1 unspecified atom stereocenters. The summed E-state index contributed by atoms with van der Waals surface area (Å²) in [6.45, 7) is 4.14. The van der Waals surface area contributed by atoms with Crippen LogP contribution in [0.25, 0.3) is 0 Å². The van der Waals surface area contributed by atoms with Crippen LogP contribution in [0.2, 0.25) is 0 Å². The molecule has 0 bridgehead atoms. The lowest BCUT2D eigenvalue weighted by Gasteiger charge is -2.28. The van der Waals surface area contributed by atoms with Gasteiger partial charge in [0.15, 0.2) is 6.23 Å². The molecule has 1 aliphatic heterocycles. The van der Waals surface area contributed by atoms with Gasteiger partial charge in [-0.15, -0.1) is 0 Å². The lowest BCUT2D eigenvalue weighted by molar-refractivity contribution is -0.137. The molecule has 0 aromatic heterocycles. The quantitative estimate of drug-likeness (QED) is 0.755. The molecule has 1 aromatic rings. The normalized spacial score (nSPS) is 17.9. The van der Waals surface area contributed by atoms with Crippen molar-refractivity contribution < 1.29 is 17.9 Å². The molecule has 0 N–H and O–H groups in total. The van der Waals surface area contributed by atoms with Crippen molar-refractivity contribution in [3.63, 3.8) is 0 Å². The Balaban J connectivity index is 2.01. The summed E-state index contributed by atoms with van der Waals surface area (Å²) in [6, 6.07) is 4.99. The highest BCUT2D eigenvalue weighted by molar-refractivity contribution is 5.29. The second kappa shape index (κ2) is 7.16. The van der Waals surface area contributed by atoms with E-state index in [4.69, 9.17) is 4.74 Å². The van der Waals surface area contributed by atoms with Crippen LogP contribution in [0, 0.1) is 0 Å². The molecule has 0 amide bonds. The summed E-state index contributed by atoms with van der Waals surface area (Å²) >= 11 is 0. The third kappa shape index (κ3) is 4.63. The number of halogens is 3. The van der Waals surface area contributed by atoms with Crippen LogP contribution in [0.5, 0.6) is 5.75 Å². The van der Waals surface area contributed by atoms with Crippen LogP contribution in [0.3, 0.4) is 0 Å². The van der Waals surface area contributed by atoms with Crippen molar-refractivity contribution in [1.29, 1.82) is 0 Å². The fraction of sp³-hybridized carbons (Fsp3) is 0.625. The average molecular weight is 301 g/mol. The Kier molecular flexibility index (Phi) is 5.51. The minimum atomic E-state index is -4.30. The molecule has 1 atom stereocenters. The summed E-state index contributed by atoms with van der Waals surface area (Å²) < 4.78 is 43.6. The fourth-order valence-corrected chi connectivity index (χ4v) is 2.60. The minimum Gasteiger partial charge on any atom is -0.475 e. The summed E-state index contributed by atoms with van der Waals surface area (Å²) in [7, 11) is 0. The van der Waals surface area contributed by atoms with E-state index in [0.717, 1.165) is 44.5 Å². The van der Waals surface area contributed by atoms with Gasteiger partial charge in [-0.25, -0.2) is 0 Å². The number of rotatable bonds is 6. The monoisotopic (exact) mass is 301 g/mol. The molecule has 1 heterocycles. The van der Waals surface area contributed by atoms with Crippen LogP contribution < -0.4 is 4.74 Å². The van der Waals surface area contributed by atoms with E-state index in [1.165, 1.54) is 25.0 Å². The van der Waals surface area contributed by atoms with Gasteiger partial charge in [-0.2, -0.15) is 13.2 Å². The minimum absolute atomic E-state index is 0.0239. The Morgan fingerprint density at radius 3 is 2.29 bits per heavy atom. The molecular weight excluding hydrogens is 279 g/mol. The molecule has 118 valence electrons. The first-order valence-electron chi connectivity index (χ1n) is 7.58. The number of hydrogen-bond acceptors (Lipinski definition) is 2. The van der Waals surface area contributed by atoms with Gasteiger partial charge in [0.05, 0.1) is 5.56 Å². The van der Waals surface area contributed by atoms with Crippen LogP contribution in [0.1, 0.15) is 44.6 Å². The SMILES string of the molecule is CCCCC(Oc1ccc(C(F)(F)F)cc1)N1CCCC1. The Hall–Kier alpha value is -1.23. The van der Waals surface area contributed by atoms with Crippen molar-refractivity contribution in [1.82, 2.24) is 4.90 Å². The maximum Gasteiger partial charge on any atom is 0.416 e. The summed E-state index contributed by atoms with van der Waals surface area (Å²) in [5, 5.41) is 0. The van der Waals surface area contributed by atoms with E-state index < -0.39 is 11.7 Å². The first kappa shape index (κ1) is 16.1. The predicted octanol–water partition coefficient (Wildman–Crippen LogP) is 4.70. The summed E-state index contributed by atoms with van der Waals surface area (Å²) in [5.74, 6) is 0.510. The topological polar surface area (TPSA) is 12.5 Å². The van der Waals surface area contributed by atoms with E-state index in [1.54, 1.807) is 0 Å². The molecule has 0 saturated carbocycles. The van der Waals surface area contributed by atoms with Crippen molar-refractivity contribution in [2.75, 3.05) is 13.1 Å². The molecule has 0 spiro atoms. The summed E-state index contributed by atoms with van der Waals surface area (Å²) in [4.78, 5) is 2.29. The number of unbranched alkanes of at least 4 members (excludes halogenated alkanes) is 1. The Morgan fingerprint density at radius 1 is 1.14 bits per heavy atom. The van der Waals surface area contributed by atoms with Crippen LogP contribution >= 0.6 is 0 Å². The second-order valence-corrected chi connectivity index (χ2v) is 5.48. The van der Waals surface area contributed by atoms with Gasteiger partial charge in [-0.3, -0.25) is 4.90 Å². The molecule has 1 aromatic carbocycles. The zero-order chi connectivity index (χ0) is 15.3. The smallest absolute Gasteiger partial charge is 0.416 e. The van der Waals surface area contributed by atoms with Crippen molar-refractivity contribution in [3.05, 3.63) is 29.8 Å². The number of ether oxygens (including phenoxy) is 1. The standard InChI is InChI=1S/C16H22F3NO/c1-2-3-6-15(20-11-4-5-12-20)21-14-9-7-13(8-10-14)16(17,18)19/h7-10,15H,2-6,11-12H2,1H3. The van der Waals surface area contributed by atoms with Crippen LogP contribution in [0.15, 0.2) is 24.3 Å². The van der Waals surface area contributed by atoms with E-state index in [2.05, 4.69) is 11.8 Å². The molecule has 2 rings (SSSR count). The van der Waals surface area contributed by atoms with Crippen LogP contribution in [-0.2, 0) is 6.18 Å². The van der Waals surface area contributed by atoms with Gasteiger partial charge in [0.2, 0.25) is 0 Å². The Bertz CT molecular complexity index is 424. The first-order chi connectivity index (χ1) is 10.0. The molecule has 21 heavy (non-hydrogen) atoms. The van der Waals surface area contributed by atoms with Gasteiger partial charge in [0.1, 0.15) is 5.75 Å². The summed E-state index contributed by atoms with van der Waals surface area (Å²) in [5.41, 5.74) is -0.638. The predicted molar refractivity (Wildman–Crippen MR) is 76.2 cm³/mol. The molecule has 2 nitrogen and oxygen atoms in total. The van der Waals surface area contributed by atoms with E-state index in [-0.39, 0.29) is 6.23 Å². The molecular formula is C16H22F3NO. The van der Waals surface area contributed by atoms with Crippen LogP contribution in [0.4, 0.5) is 13.2 Å². The van der Waals surface area contributed by atoms with Crippen molar-refractivity contribution in [2.45, 2.75) is 51.4 Å². The van der Waals surface area contributed by atoms with Gasteiger partial charge in [-0.1, -0.05) is 13.3 Å². The van der Waals surface area contributed by atoms with Crippen molar-refractivity contribution >= 4 is 0 Å². The zero-order valence-corrected chi connectivity index (χ0v) is 12.3. The largest absolute Gasteiger partial charge is 0.475 e. The lowest BCUT2D eigenvalue weighted by Crippen LogP contribution is -2.37. The maximum atomic E-state index is 12.5. The van der Waals surface area contributed by atoms with Crippen molar-refractivity contribution in [3.8, 4) is 5.75 Å². The fourth-order valence-electron chi connectivity index (χ4n) is 2.60. The third-order valence-electron chi connectivity index (χ3n) is 3.81. The molecule has 5 heteroatoms. The highest BCUT2D eigenvalue weighted by Gasteiger charge is 2.30. The van der Waals surface area contributed by atoms with E-state index in [0.29, 0.717) is 5.75 Å². The molecule has 1 saturated heterocycles. The van der Waals surface area contributed by atoms with E-state index >= 15 is 0 Å². The van der Waals surface area contributed by atoms with Gasteiger partial charge >= 0.3 is 6.18 Å². The lowest BCUT2D eigenvalue weighted by atomic mass is 10.2. The molecule has 0 aliphatic carbocycles. The Morgan fingerprint density at radius 2 is 1.76 bits per heavy atom. The molecule has 1 aliphatic rings. The van der Waals surface area contributed by atoms with Crippen molar-refractivity contribution in [2.24, 2.45) is 0 Å². The van der Waals surface area contributed by atoms with E-state index in [9.17, 15) is 13.2 Å². The van der Waals surface area contributed by atoms with Gasteiger partial charge < -0.3 is 4.74 Å². The highest BCUT2D eigenvalue weighted by Crippen LogP contribution is 2.31. The van der Waals surface area contributed by atoms with Gasteiger partial charge in [0, 0.05) is 13.1 Å². The van der Waals surface area contributed by atoms with E-state index in [1.807, 2.05) is 0 Å². The van der Waals surface area contributed by atoms with Crippen LogP contribution in [-0.4, -0.2) is 24.2 Å². The molecule has 1 fully saturated rings. The first-order valence-corrected chi connectivity index (χ1v) is 7.58. The maximum absolute atomic E-state index is 12.5. The number of alkyl halides is 3. The summed E-state index contributed by atoms with van der Waals surface area (Å²) in [6.07, 6.45) is 1.07. The second-order valence-electron chi connectivity index (χ2n) is 5.48. The Labute approximate surface area is 123 Å². The number of likely N-dealkylation sites (tertiary alicyclic amines) is 1. The number of hydrogen-bond donors (Lipinski definition) is 0. The third-order valence-corrected chi connectivity index (χ3v) is 3.81.